The molecule has 1 N–H and O–H groups in total. The average Bonchev–Trinajstić information content (AvgIpc) is 2.26. The summed E-state index contributed by atoms with van der Waals surface area (Å²) < 4.78 is 42.6. The Morgan fingerprint density at radius 2 is 1.56 bits per heavy atom. The first-order valence-electron chi connectivity index (χ1n) is 4.47. The summed E-state index contributed by atoms with van der Waals surface area (Å²) in [4.78, 5) is 0.269. The number of hydrogen-bond acceptors (Lipinski definition) is 2. The molecule has 1 rings (SSSR count). The van der Waals surface area contributed by atoms with Crippen molar-refractivity contribution in [3.63, 3.8) is 0 Å². The van der Waals surface area contributed by atoms with Crippen LogP contribution in [0.4, 0.5) is 13.2 Å². The van der Waals surface area contributed by atoms with Crippen molar-refractivity contribution in [2.75, 3.05) is 0 Å². The third-order valence-electron chi connectivity index (χ3n) is 1.32. The molecule has 0 atom stereocenters. The fourth-order valence-corrected chi connectivity index (χ4v) is 1.42. The second-order valence-electron chi connectivity index (χ2n) is 2.31. The highest BCUT2D eigenvalue weighted by molar-refractivity contribution is 14.1. The van der Waals surface area contributed by atoms with Gasteiger partial charge in [0, 0.05) is 4.90 Å². The van der Waals surface area contributed by atoms with Gasteiger partial charge in [-0.3, -0.25) is 0 Å². The average molecular weight is 366 g/mol. The van der Waals surface area contributed by atoms with E-state index in [-0.39, 0.29) is 16.7 Å². The highest BCUT2D eigenvalue weighted by Gasteiger charge is 2.29. The van der Waals surface area contributed by atoms with Gasteiger partial charge in [0.25, 0.3) is 0 Å². The van der Waals surface area contributed by atoms with Crippen LogP contribution >= 0.6 is 34.8 Å². The summed E-state index contributed by atoms with van der Waals surface area (Å²) in [5, 5.41) is 0. The first-order chi connectivity index (χ1) is 7.49. The highest BCUT2D eigenvalue weighted by atomic mass is 127. The second-order valence-corrected chi connectivity index (χ2v) is 3.42. The predicted molar refractivity (Wildman–Crippen MR) is 70.7 cm³/mol. The van der Waals surface area contributed by atoms with Crippen LogP contribution in [0.15, 0.2) is 29.2 Å². The minimum Gasteiger partial charge on any atom is -0.331 e. The Kier molecular flexibility index (Phi) is 11.8. The number of benzene rings is 1. The van der Waals surface area contributed by atoms with E-state index >= 15 is 0 Å². The molecule has 0 spiro atoms. The lowest BCUT2D eigenvalue weighted by molar-refractivity contribution is -0.0328. The third-order valence-corrected chi connectivity index (χ3v) is 2.23. The maximum atomic E-state index is 11.9. The van der Waals surface area contributed by atoms with Crippen LogP contribution in [0.3, 0.4) is 0 Å². The molecule has 1 aromatic carbocycles. The van der Waals surface area contributed by atoms with Crippen molar-refractivity contribution in [3.8, 4) is 0 Å². The Balaban J connectivity index is 0. The van der Waals surface area contributed by atoms with Crippen LogP contribution in [0.1, 0.15) is 19.4 Å². The SMILES string of the molecule is CC.Cc1ccccc1SC(F)(F)F.OI. The molecular formula is C10H14F3IOS. The molecule has 0 radical (unpaired) electrons. The molecule has 0 heterocycles. The fourth-order valence-electron chi connectivity index (χ4n) is 0.796. The molecule has 16 heavy (non-hydrogen) atoms. The van der Waals surface area contributed by atoms with Crippen molar-refractivity contribution in [1.29, 1.82) is 0 Å². The van der Waals surface area contributed by atoms with Crippen LogP contribution in [0.2, 0.25) is 0 Å². The molecule has 1 aromatic rings. The molecule has 0 fully saturated rings. The third kappa shape index (κ3) is 9.29. The monoisotopic (exact) mass is 366 g/mol. The van der Waals surface area contributed by atoms with Gasteiger partial charge in [-0.2, -0.15) is 13.2 Å². The van der Waals surface area contributed by atoms with Gasteiger partial charge in [-0.25, -0.2) is 0 Å². The smallest absolute Gasteiger partial charge is 0.331 e. The number of rotatable bonds is 1. The maximum absolute atomic E-state index is 11.9. The topological polar surface area (TPSA) is 20.2 Å². The van der Waals surface area contributed by atoms with Crippen molar-refractivity contribution >= 4 is 34.8 Å². The molecule has 0 aliphatic carbocycles. The lowest BCUT2D eigenvalue weighted by Gasteiger charge is -2.07. The first-order valence-corrected chi connectivity index (χ1v) is 6.25. The number of aryl methyl sites for hydroxylation is 1. The molecule has 0 aliphatic rings. The van der Waals surface area contributed by atoms with Gasteiger partial charge in [0.1, 0.15) is 23.0 Å². The van der Waals surface area contributed by atoms with Crippen LogP contribution < -0.4 is 0 Å². The van der Waals surface area contributed by atoms with Crippen LogP contribution in [0, 0.1) is 6.92 Å². The first kappa shape index (κ1) is 18.4. The zero-order chi connectivity index (χ0) is 13.2. The van der Waals surface area contributed by atoms with Crippen LogP contribution in [0.25, 0.3) is 0 Å². The normalized spacial score (nSPS) is 9.50. The zero-order valence-electron chi connectivity index (χ0n) is 9.18. The Morgan fingerprint density at radius 1 is 1.12 bits per heavy atom. The van der Waals surface area contributed by atoms with Crippen molar-refractivity contribution in [2.24, 2.45) is 0 Å². The summed E-state index contributed by atoms with van der Waals surface area (Å²) in [5.74, 6) is 0. The highest BCUT2D eigenvalue weighted by Crippen LogP contribution is 2.37. The summed E-state index contributed by atoms with van der Waals surface area (Å²) in [6.45, 7) is 5.66. The lowest BCUT2D eigenvalue weighted by Crippen LogP contribution is -1.99. The van der Waals surface area contributed by atoms with Gasteiger partial charge in [-0.05, 0) is 30.3 Å². The van der Waals surface area contributed by atoms with Gasteiger partial charge in [-0.1, -0.05) is 32.0 Å². The predicted octanol–water partition coefficient (Wildman–Crippen LogP) is 4.96. The molecule has 0 saturated carbocycles. The minimum absolute atomic E-state index is 0.0726. The largest absolute Gasteiger partial charge is 0.446 e. The minimum atomic E-state index is -4.19. The van der Waals surface area contributed by atoms with Gasteiger partial charge >= 0.3 is 5.51 Å². The van der Waals surface area contributed by atoms with E-state index in [1.54, 1.807) is 25.1 Å². The fraction of sp³-hybridized carbons (Fsp3) is 0.400. The summed E-state index contributed by atoms with van der Waals surface area (Å²) in [6.07, 6.45) is 0. The van der Waals surface area contributed by atoms with Gasteiger partial charge < -0.3 is 3.44 Å². The number of hydrogen-bond donors (Lipinski definition) is 1. The summed E-state index contributed by atoms with van der Waals surface area (Å²) in [6, 6.07) is 6.44. The molecule has 0 bridgehead atoms. The molecule has 94 valence electrons. The van der Waals surface area contributed by atoms with E-state index in [1.165, 1.54) is 6.07 Å². The van der Waals surface area contributed by atoms with E-state index in [4.69, 9.17) is 3.44 Å². The van der Waals surface area contributed by atoms with Crippen molar-refractivity contribution < 1.29 is 16.6 Å². The van der Waals surface area contributed by atoms with E-state index in [9.17, 15) is 13.2 Å². The number of halogens is 4. The molecule has 0 amide bonds. The molecule has 0 aliphatic heterocycles. The Bertz CT molecular complexity index is 279. The molecule has 0 saturated heterocycles. The van der Waals surface area contributed by atoms with Gasteiger partial charge in [0.2, 0.25) is 0 Å². The number of thioether (sulfide) groups is 1. The number of alkyl halides is 3. The molecule has 6 heteroatoms. The van der Waals surface area contributed by atoms with Crippen LogP contribution in [0.5, 0.6) is 0 Å². The van der Waals surface area contributed by atoms with E-state index in [0.29, 0.717) is 5.56 Å². The van der Waals surface area contributed by atoms with E-state index in [2.05, 4.69) is 0 Å². The van der Waals surface area contributed by atoms with Crippen molar-refractivity contribution in [3.05, 3.63) is 29.8 Å². The van der Waals surface area contributed by atoms with Crippen LogP contribution in [-0.2, 0) is 0 Å². The Morgan fingerprint density at radius 3 is 1.94 bits per heavy atom. The van der Waals surface area contributed by atoms with E-state index in [1.807, 2.05) is 13.8 Å². The standard InChI is InChI=1S/C8H7F3S.C2H6.HIO/c1-6-4-2-3-5-7(6)12-8(9,10)11;2*1-2/h2-5H,1H3;1-2H3;2H. The lowest BCUT2D eigenvalue weighted by atomic mass is 10.2. The van der Waals surface area contributed by atoms with E-state index < -0.39 is 5.51 Å². The van der Waals surface area contributed by atoms with Gasteiger partial charge in [0.15, 0.2) is 0 Å². The summed E-state index contributed by atoms with van der Waals surface area (Å²) >= 11 is 1.08. The molecule has 0 aromatic heterocycles. The zero-order valence-corrected chi connectivity index (χ0v) is 12.2. The van der Waals surface area contributed by atoms with Crippen molar-refractivity contribution in [1.82, 2.24) is 0 Å². The van der Waals surface area contributed by atoms with Crippen molar-refractivity contribution in [2.45, 2.75) is 31.2 Å². The summed E-state index contributed by atoms with van der Waals surface area (Å²) in [5.41, 5.74) is -3.54. The van der Waals surface area contributed by atoms with E-state index in [0.717, 1.165) is 23.0 Å². The molecule has 0 unspecified atom stereocenters. The summed E-state index contributed by atoms with van der Waals surface area (Å²) in [7, 11) is 0. The van der Waals surface area contributed by atoms with Crippen LogP contribution in [-0.4, -0.2) is 8.94 Å². The molecular weight excluding hydrogens is 352 g/mol. The Labute approximate surface area is 112 Å². The second kappa shape index (κ2) is 10.2. The quantitative estimate of drug-likeness (QED) is 0.560. The maximum Gasteiger partial charge on any atom is 0.446 e. The van der Waals surface area contributed by atoms with Gasteiger partial charge in [0.05, 0.1) is 0 Å². The molecule has 1 nitrogen and oxygen atoms in total. The van der Waals surface area contributed by atoms with Gasteiger partial charge in [-0.15, -0.1) is 0 Å². The Hall–Kier alpha value is 0.0500.